The number of rotatable bonds is 4. The second-order valence-corrected chi connectivity index (χ2v) is 3.81. The van der Waals surface area contributed by atoms with Crippen LogP contribution in [0.1, 0.15) is 0 Å². The van der Waals surface area contributed by atoms with Crippen molar-refractivity contribution < 1.29 is 79.0 Å². The normalized spacial score (nSPS) is 14.7. The molecule has 0 radical (unpaired) electrons. The summed E-state index contributed by atoms with van der Waals surface area (Å²) < 4.78 is 206. The number of hydrogen-bond acceptors (Lipinski definition) is 0. The molecule has 0 aromatic carbocycles. The van der Waals surface area contributed by atoms with Crippen LogP contribution in [0.15, 0.2) is 0 Å². The summed E-state index contributed by atoms with van der Waals surface area (Å²) in [5, 5.41) is 0. The van der Waals surface area contributed by atoms with Gasteiger partial charge in [-0.1, -0.05) is 0 Å². The third-order valence-electron chi connectivity index (χ3n) is 1.99. The van der Waals surface area contributed by atoms with Crippen LogP contribution in [0.2, 0.25) is 0 Å². The van der Waals surface area contributed by atoms with Crippen molar-refractivity contribution >= 4 is 23.1 Å². The van der Waals surface area contributed by atoms with E-state index in [0.29, 0.717) is 0 Å². The molecule has 0 nitrogen and oxygen atoms in total. The average molecular weight is 462 g/mol. The molecule has 0 aromatic heterocycles. The van der Waals surface area contributed by atoms with Gasteiger partial charge in [-0.05, 0) is 0 Å². The van der Waals surface area contributed by atoms with Crippen LogP contribution in [0.25, 0.3) is 0 Å². The van der Waals surface area contributed by atoms with Crippen LogP contribution in [-0.2, 0) is 0 Å². The SMILES string of the molecule is F[C-](F)C(F)(F)C(F)(F)C(F)(F)C(F)(F)C(F)(F)F.F[C-](F)C(F)(F)F.[Mg+2]. The Morgan fingerprint density at radius 1 is 0.407 bits per heavy atom. The Morgan fingerprint density at radius 3 is 0.815 bits per heavy atom. The Balaban J connectivity index is -0.000000612. The van der Waals surface area contributed by atoms with Crippen molar-refractivity contribution in [2.24, 2.45) is 0 Å². The topological polar surface area (TPSA) is 0 Å². The zero-order valence-electron chi connectivity index (χ0n) is 11.5. The molecule has 0 aliphatic heterocycles. The van der Waals surface area contributed by atoms with Gasteiger partial charge >= 0.3 is 53.2 Å². The predicted octanol–water partition coefficient (Wildman–Crippen LogP) is 6.11. The van der Waals surface area contributed by atoms with Crippen molar-refractivity contribution in [2.75, 3.05) is 0 Å². The monoisotopic (exact) mass is 462 g/mol. The smallest absolute Gasteiger partial charge is 0.415 e. The maximum absolute atomic E-state index is 12.3. The molecule has 0 saturated heterocycles. The quantitative estimate of drug-likeness (QED) is 0.269. The first kappa shape index (κ1) is 31.2. The Morgan fingerprint density at radius 2 is 0.667 bits per heavy atom. The maximum Gasteiger partial charge on any atom is 2.00 e. The van der Waals surface area contributed by atoms with E-state index in [0.717, 1.165) is 0 Å². The van der Waals surface area contributed by atoms with Crippen molar-refractivity contribution in [3.8, 4) is 0 Å². The van der Waals surface area contributed by atoms with E-state index in [2.05, 4.69) is 0 Å². The molecule has 0 heterocycles. The molecule has 0 spiro atoms. The molecule has 0 N–H and O–H groups in total. The third kappa shape index (κ3) is 6.24. The summed E-state index contributed by atoms with van der Waals surface area (Å²) in [6.07, 6.45) is -21.0. The zero-order valence-corrected chi connectivity index (χ0v) is 12.9. The van der Waals surface area contributed by atoms with Gasteiger partial charge < -0.3 is 17.6 Å². The van der Waals surface area contributed by atoms with Gasteiger partial charge in [-0.15, -0.1) is 0 Å². The van der Waals surface area contributed by atoms with Gasteiger partial charge in [0.15, 0.2) is 0 Å². The molecule has 160 valence electrons. The molecule has 0 saturated carbocycles. The van der Waals surface area contributed by atoms with E-state index in [4.69, 9.17) is 0 Å². The van der Waals surface area contributed by atoms with Crippen LogP contribution in [0.3, 0.4) is 0 Å². The van der Waals surface area contributed by atoms with Crippen LogP contribution in [-0.4, -0.2) is 59.1 Å². The Bertz CT molecular complexity index is 443. The molecule has 0 aliphatic rings. The van der Waals surface area contributed by atoms with Crippen LogP contribution < -0.4 is 0 Å². The van der Waals surface area contributed by atoms with Gasteiger partial charge in [-0.25, -0.2) is 22.0 Å². The van der Waals surface area contributed by atoms with Crippen molar-refractivity contribution in [2.45, 2.75) is 36.0 Å². The summed E-state index contributed by atoms with van der Waals surface area (Å²) in [5.41, 5.74) is 0. The molecule has 0 unspecified atom stereocenters. The summed E-state index contributed by atoms with van der Waals surface area (Å²) in [5.74, 6) is -30.3. The molecule has 27 heavy (non-hydrogen) atoms. The average Bonchev–Trinajstić information content (AvgIpc) is 2.35. The van der Waals surface area contributed by atoms with Gasteiger partial charge in [-0.3, -0.25) is 0 Å². The Labute approximate surface area is 152 Å². The van der Waals surface area contributed by atoms with Gasteiger partial charge in [0, 0.05) is 0 Å². The van der Waals surface area contributed by atoms with Crippen molar-refractivity contribution in [3.63, 3.8) is 0 Å². The largest absolute Gasteiger partial charge is 2.00 e. The molecule has 0 atom stereocenters. The van der Waals surface area contributed by atoms with Crippen LogP contribution in [0.4, 0.5) is 79.0 Å². The van der Waals surface area contributed by atoms with E-state index in [-0.39, 0.29) is 23.1 Å². The number of hydrogen-bond donors (Lipinski definition) is 0. The van der Waals surface area contributed by atoms with Gasteiger partial charge in [0.2, 0.25) is 0 Å². The van der Waals surface area contributed by atoms with Gasteiger partial charge in [0.25, 0.3) is 5.92 Å². The van der Waals surface area contributed by atoms with E-state index >= 15 is 0 Å². The van der Waals surface area contributed by atoms with Crippen molar-refractivity contribution in [1.29, 1.82) is 0 Å². The fourth-order valence-corrected chi connectivity index (χ4v) is 0.691. The second-order valence-electron chi connectivity index (χ2n) is 3.81. The molecule has 19 heteroatoms. The minimum atomic E-state index is -7.80. The number of halogens is 18. The van der Waals surface area contributed by atoms with Crippen LogP contribution in [0.5, 0.6) is 0 Å². The minimum Gasteiger partial charge on any atom is -0.415 e. The van der Waals surface area contributed by atoms with Crippen LogP contribution in [0, 0.1) is 12.9 Å². The molecule has 0 aromatic rings. The fraction of sp³-hybridized carbons (Fsp3) is 0.750. The minimum absolute atomic E-state index is 0. The molecule has 0 rings (SSSR count). The first-order valence-corrected chi connectivity index (χ1v) is 4.90. The van der Waals surface area contributed by atoms with E-state index in [1.54, 1.807) is 0 Å². The van der Waals surface area contributed by atoms with Gasteiger partial charge in [0.1, 0.15) is 6.43 Å². The molecule has 0 fully saturated rings. The third-order valence-corrected chi connectivity index (χ3v) is 1.99. The Kier molecular flexibility index (Phi) is 10.3. The Hall–Kier alpha value is -0.494. The predicted molar refractivity (Wildman–Crippen MR) is 48.6 cm³/mol. The van der Waals surface area contributed by atoms with E-state index in [9.17, 15) is 79.0 Å². The molecular weight excluding hydrogens is 462 g/mol. The van der Waals surface area contributed by atoms with Gasteiger partial charge in [-0.2, -0.15) is 39.5 Å². The molecule has 0 aliphatic carbocycles. The summed E-state index contributed by atoms with van der Waals surface area (Å²) in [4.78, 5) is 0. The summed E-state index contributed by atoms with van der Waals surface area (Å²) in [7, 11) is 0. The summed E-state index contributed by atoms with van der Waals surface area (Å²) in [6, 6.07) is 0. The van der Waals surface area contributed by atoms with E-state index in [1.165, 1.54) is 0 Å². The van der Waals surface area contributed by atoms with Gasteiger partial charge in [0.05, 0.1) is 6.43 Å². The van der Waals surface area contributed by atoms with Crippen molar-refractivity contribution in [1.82, 2.24) is 0 Å². The first-order valence-electron chi connectivity index (χ1n) is 4.90. The second kappa shape index (κ2) is 8.89. The first-order chi connectivity index (χ1) is 10.9. The fourth-order valence-electron chi connectivity index (χ4n) is 0.691. The van der Waals surface area contributed by atoms with Crippen molar-refractivity contribution in [3.05, 3.63) is 12.9 Å². The standard InChI is InChI=1S/C6F13.C2F5.Mg/c7-1(8)2(9,10)3(11,12)4(13,14)5(15,16)6(17,18)19;3-1(4)2(5,6)7;/q2*-1;+2. The number of alkyl halides is 14. The van der Waals surface area contributed by atoms with E-state index < -0.39 is 48.9 Å². The molecular formula is C8F18Mg. The summed E-state index contributed by atoms with van der Waals surface area (Å²) in [6.45, 7) is 0. The van der Waals surface area contributed by atoms with Crippen LogP contribution >= 0.6 is 0 Å². The summed E-state index contributed by atoms with van der Waals surface area (Å²) >= 11 is 0. The van der Waals surface area contributed by atoms with E-state index in [1.807, 2.05) is 0 Å². The maximum atomic E-state index is 12.3. The molecule has 0 amide bonds. The molecule has 0 bridgehead atoms. The zero-order chi connectivity index (χ0) is 22.2.